The van der Waals surface area contributed by atoms with Gasteiger partial charge in [0, 0.05) is 4.88 Å². The molecule has 33 heavy (non-hydrogen) atoms. The molecule has 0 bridgehead atoms. The smallest absolute Gasteiger partial charge is 0.338 e. The second-order valence-electron chi connectivity index (χ2n) is 7.99. The van der Waals surface area contributed by atoms with Gasteiger partial charge >= 0.3 is 5.97 Å². The fourth-order valence-electron chi connectivity index (χ4n) is 3.92. The molecule has 0 aliphatic heterocycles. The zero-order valence-electron chi connectivity index (χ0n) is 18.3. The van der Waals surface area contributed by atoms with Gasteiger partial charge in [0.05, 0.1) is 18.3 Å². The second-order valence-corrected chi connectivity index (χ2v) is 8.97. The van der Waals surface area contributed by atoms with Crippen LogP contribution in [0.2, 0.25) is 0 Å². The minimum absolute atomic E-state index is 0.0165. The van der Waals surface area contributed by atoms with Crippen molar-refractivity contribution in [2.75, 3.05) is 0 Å². The van der Waals surface area contributed by atoms with Gasteiger partial charge in [0.25, 0.3) is 0 Å². The van der Waals surface area contributed by atoms with E-state index in [0.29, 0.717) is 12.2 Å². The number of halogens is 1. The van der Waals surface area contributed by atoms with Gasteiger partial charge in [-0.25, -0.2) is 9.18 Å². The molecule has 0 aliphatic carbocycles. The molecule has 0 amide bonds. The number of hydrogen-bond donors (Lipinski definition) is 1. The van der Waals surface area contributed by atoms with Crippen molar-refractivity contribution in [2.24, 2.45) is 0 Å². The lowest BCUT2D eigenvalue weighted by Crippen LogP contribution is -2.05. The van der Waals surface area contributed by atoms with E-state index in [9.17, 15) is 9.18 Å². The van der Waals surface area contributed by atoms with E-state index in [-0.39, 0.29) is 11.7 Å². The van der Waals surface area contributed by atoms with Crippen molar-refractivity contribution in [3.8, 4) is 11.1 Å². The van der Waals surface area contributed by atoms with Gasteiger partial charge in [-0.05, 0) is 71.2 Å². The number of rotatable bonds is 9. The van der Waals surface area contributed by atoms with Crippen molar-refractivity contribution in [3.63, 3.8) is 0 Å². The number of aromatic carboxylic acids is 1. The maximum absolute atomic E-state index is 14.1. The molecular weight excluding hydrogens is 435 g/mol. The molecule has 1 N–H and O–H groups in total. The summed E-state index contributed by atoms with van der Waals surface area (Å²) in [5.41, 5.74) is 4.52. The Morgan fingerprint density at radius 3 is 2.48 bits per heavy atom. The highest BCUT2D eigenvalue weighted by atomic mass is 32.1. The van der Waals surface area contributed by atoms with Crippen molar-refractivity contribution in [1.29, 1.82) is 0 Å². The Morgan fingerprint density at radius 1 is 1.00 bits per heavy atom. The molecule has 0 saturated heterocycles. The zero-order valence-corrected chi connectivity index (χ0v) is 19.1. The van der Waals surface area contributed by atoms with Gasteiger partial charge in [-0.1, -0.05) is 60.7 Å². The lowest BCUT2D eigenvalue weighted by molar-refractivity contribution is 0.0364. The zero-order chi connectivity index (χ0) is 23.2. The summed E-state index contributed by atoms with van der Waals surface area (Å²) in [6.07, 6.45) is 1.86. The first-order valence-corrected chi connectivity index (χ1v) is 11.7. The molecule has 4 aromatic rings. The molecule has 0 fully saturated rings. The SMILES string of the molecule is Cc1cc(COC(CCc2ccccc2)c2cccs2)ccc1-c1ccc(C(=O)O)c(F)c1. The molecule has 3 aromatic carbocycles. The predicted molar refractivity (Wildman–Crippen MR) is 130 cm³/mol. The molecule has 3 nitrogen and oxygen atoms in total. The highest BCUT2D eigenvalue weighted by Gasteiger charge is 2.15. The minimum Gasteiger partial charge on any atom is -0.478 e. The van der Waals surface area contributed by atoms with Crippen LogP contribution < -0.4 is 0 Å². The molecular formula is C28H25FO3S. The van der Waals surface area contributed by atoms with Crippen LogP contribution in [0.4, 0.5) is 4.39 Å². The molecule has 0 saturated carbocycles. The van der Waals surface area contributed by atoms with E-state index < -0.39 is 11.8 Å². The van der Waals surface area contributed by atoms with Crippen LogP contribution in [0.5, 0.6) is 0 Å². The molecule has 0 spiro atoms. The van der Waals surface area contributed by atoms with Gasteiger partial charge in [-0.15, -0.1) is 11.3 Å². The summed E-state index contributed by atoms with van der Waals surface area (Å²) in [7, 11) is 0. The quantitative estimate of drug-likeness (QED) is 0.282. The molecule has 1 heterocycles. The van der Waals surface area contributed by atoms with Gasteiger partial charge in [0.15, 0.2) is 0 Å². The molecule has 1 aromatic heterocycles. The maximum atomic E-state index is 14.1. The number of carboxylic acid groups (broad SMARTS) is 1. The minimum atomic E-state index is -1.27. The number of benzene rings is 3. The average Bonchev–Trinajstić information content (AvgIpc) is 3.34. The molecule has 4 rings (SSSR count). The van der Waals surface area contributed by atoms with Gasteiger partial charge in [0.2, 0.25) is 0 Å². The highest BCUT2D eigenvalue weighted by Crippen LogP contribution is 2.30. The number of aryl methyl sites for hydroxylation is 2. The van der Waals surface area contributed by atoms with Gasteiger partial charge in [-0.2, -0.15) is 0 Å². The van der Waals surface area contributed by atoms with Crippen molar-refractivity contribution in [1.82, 2.24) is 0 Å². The van der Waals surface area contributed by atoms with Gasteiger partial charge in [0.1, 0.15) is 5.82 Å². The van der Waals surface area contributed by atoms with Crippen LogP contribution in [0.1, 0.15) is 44.5 Å². The van der Waals surface area contributed by atoms with Crippen LogP contribution in [-0.4, -0.2) is 11.1 Å². The summed E-state index contributed by atoms with van der Waals surface area (Å²) in [6.45, 7) is 2.44. The predicted octanol–water partition coefficient (Wildman–Crippen LogP) is 7.45. The third-order valence-electron chi connectivity index (χ3n) is 5.65. The van der Waals surface area contributed by atoms with E-state index in [1.54, 1.807) is 17.4 Å². The Kier molecular flexibility index (Phi) is 7.33. The Bertz CT molecular complexity index is 1220. The third kappa shape index (κ3) is 5.75. The molecule has 168 valence electrons. The normalized spacial score (nSPS) is 11.9. The lowest BCUT2D eigenvalue weighted by atomic mass is 9.97. The Labute approximate surface area is 197 Å². The van der Waals surface area contributed by atoms with Crippen LogP contribution in [-0.2, 0) is 17.8 Å². The summed E-state index contributed by atoms with van der Waals surface area (Å²) in [5, 5.41) is 11.1. The first-order valence-electron chi connectivity index (χ1n) is 10.8. The number of hydrogen-bond acceptors (Lipinski definition) is 3. The maximum Gasteiger partial charge on any atom is 0.338 e. The molecule has 0 radical (unpaired) electrons. The monoisotopic (exact) mass is 460 g/mol. The third-order valence-corrected chi connectivity index (χ3v) is 6.62. The van der Waals surface area contributed by atoms with Crippen LogP contribution in [0.3, 0.4) is 0 Å². The lowest BCUT2D eigenvalue weighted by Gasteiger charge is -2.18. The number of ether oxygens (including phenoxy) is 1. The summed E-state index contributed by atoms with van der Waals surface area (Å²) < 4.78 is 20.5. The number of carboxylic acids is 1. The van der Waals surface area contributed by atoms with Crippen LogP contribution in [0.15, 0.2) is 84.2 Å². The van der Waals surface area contributed by atoms with E-state index in [1.165, 1.54) is 22.6 Å². The summed E-state index contributed by atoms with van der Waals surface area (Å²) in [4.78, 5) is 12.3. The van der Waals surface area contributed by atoms with Crippen molar-refractivity contribution in [3.05, 3.63) is 117 Å². The largest absolute Gasteiger partial charge is 0.478 e. The van der Waals surface area contributed by atoms with E-state index in [4.69, 9.17) is 9.84 Å². The average molecular weight is 461 g/mol. The standard InChI is InChI=1S/C28H25FO3S/c1-19-16-21(9-12-23(19)22-11-13-24(28(30)31)25(29)17-22)18-32-26(27-8-5-15-33-27)14-10-20-6-3-2-4-7-20/h2-9,11-13,15-17,26H,10,14,18H2,1H3,(H,30,31). The number of thiophene rings is 1. The van der Waals surface area contributed by atoms with Crippen molar-refractivity contribution in [2.45, 2.75) is 32.5 Å². The van der Waals surface area contributed by atoms with Gasteiger partial charge in [-0.3, -0.25) is 0 Å². The van der Waals surface area contributed by atoms with Crippen molar-refractivity contribution < 1.29 is 19.0 Å². The van der Waals surface area contributed by atoms with Gasteiger partial charge < -0.3 is 9.84 Å². The first kappa shape index (κ1) is 22.9. The topological polar surface area (TPSA) is 46.5 Å². The van der Waals surface area contributed by atoms with E-state index in [0.717, 1.165) is 29.5 Å². The van der Waals surface area contributed by atoms with Crippen LogP contribution in [0, 0.1) is 12.7 Å². The molecule has 1 atom stereocenters. The molecule has 5 heteroatoms. The Hall–Kier alpha value is -3.28. The summed E-state index contributed by atoms with van der Waals surface area (Å²) >= 11 is 1.71. The second kappa shape index (κ2) is 10.6. The molecule has 0 aliphatic rings. The van der Waals surface area contributed by atoms with E-state index >= 15 is 0 Å². The Balaban J connectivity index is 1.46. The Morgan fingerprint density at radius 2 is 1.82 bits per heavy atom. The van der Waals surface area contributed by atoms with E-state index in [1.807, 2.05) is 37.3 Å². The van der Waals surface area contributed by atoms with Crippen molar-refractivity contribution >= 4 is 17.3 Å². The summed E-state index contributed by atoms with van der Waals surface area (Å²) in [6, 6.07) is 24.8. The fraction of sp³-hybridized carbons (Fsp3) is 0.179. The summed E-state index contributed by atoms with van der Waals surface area (Å²) in [5.74, 6) is -2.00. The first-order chi connectivity index (χ1) is 16.0. The molecule has 1 unspecified atom stereocenters. The highest BCUT2D eigenvalue weighted by molar-refractivity contribution is 7.10. The van der Waals surface area contributed by atoms with Crippen LogP contribution >= 0.6 is 11.3 Å². The fourth-order valence-corrected chi connectivity index (χ4v) is 4.73. The number of carbonyl (C=O) groups is 1. The van der Waals surface area contributed by atoms with E-state index in [2.05, 4.69) is 35.7 Å². The van der Waals surface area contributed by atoms with Crippen LogP contribution in [0.25, 0.3) is 11.1 Å².